The molecule has 1 fully saturated rings. The average molecular weight is 385 g/mol. The molecule has 1 saturated heterocycles. The minimum absolute atomic E-state index is 0.0294. The van der Waals surface area contributed by atoms with Crippen LogP contribution in [-0.4, -0.2) is 31.2 Å². The molecular formula is C21H24N2O3S. The minimum Gasteiger partial charge on any atom is -0.348 e. The highest BCUT2D eigenvalue weighted by Crippen LogP contribution is 2.32. The van der Waals surface area contributed by atoms with Gasteiger partial charge in [-0.25, -0.2) is 8.42 Å². The fourth-order valence-corrected chi connectivity index (χ4v) is 5.77. The third-order valence-corrected chi connectivity index (χ3v) is 7.51. The Balaban J connectivity index is 1.53. The molecule has 4 rings (SSSR count). The van der Waals surface area contributed by atoms with Gasteiger partial charge in [-0.2, -0.15) is 4.31 Å². The molecule has 1 aliphatic heterocycles. The topological polar surface area (TPSA) is 66.5 Å². The van der Waals surface area contributed by atoms with Crippen molar-refractivity contribution in [1.82, 2.24) is 9.62 Å². The van der Waals surface area contributed by atoms with Crippen LogP contribution in [0.1, 0.15) is 42.0 Å². The number of nitrogens with one attached hydrogen (secondary N) is 1. The monoisotopic (exact) mass is 384 g/mol. The normalized spacial score (nSPS) is 22.6. The molecule has 2 aromatic rings. The molecule has 0 aromatic heterocycles. The molecule has 5 nitrogen and oxygen atoms in total. The second-order valence-corrected chi connectivity index (χ2v) is 9.28. The van der Waals surface area contributed by atoms with Gasteiger partial charge >= 0.3 is 0 Å². The number of fused-ring (bicyclic) bond motifs is 1. The second kappa shape index (κ2) is 7.09. The summed E-state index contributed by atoms with van der Waals surface area (Å²) in [7, 11) is -3.67. The van der Waals surface area contributed by atoms with Gasteiger partial charge in [-0.3, -0.25) is 4.79 Å². The molecule has 142 valence electrons. The van der Waals surface area contributed by atoms with Gasteiger partial charge in [0.2, 0.25) is 15.9 Å². The summed E-state index contributed by atoms with van der Waals surface area (Å²) in [6, 6.07) is 14.3. The van der Waals surface area contributed by atoms with E-state index in [4.69, 9.17) is 0 Å². The average Bonchev–Trinajstić information content (AvgIpc) is 3.30. The Kier molecular flexibility index (Phi) is 4.78. The number of hydrogen-bond acceptors (Lipinski definition) is 3. The van der Waals surface area contributed by atoms with Gasteiger partial charge in [0, 0.05) is 6.54 Å². The maximum absolute atomic E-state index is 13.0. The number of sulfonamides is 1. The lowest BCUT2D eigenvalue weighted by Crippen LogP contribution is -2.46. The van der Waals surface area contributed by atoms with Gasteiger partial charge in [-0.15, -0.1) is 0 Å². The van der Waals surface area contributed by atoms with E-state index >= 15 is 0 Å². The molecule has 1 amide bonds. The van der Waals surface area contributed by atoms with Crippen LogP contribution in [0.3, 0.4) is 0 Å². The Morgan fingerprint density at radius 2 is 1.81 bits per heavy atom. The van der Waals surface area contributed by atoms with Crippen molar-refractivity contribution < 1.29 is 13.2 Å². The first-order valence-corrected chi connectivity index (χ1v) is 10.9. The van der Waals surface area contributed by atoms with Gasteiger partial charge in [0.1, 0.15) is 6.04 Å². The van der Waals surface area contributed by atoms with E-state index < -0.39 is 16.1 Å². The molecule has 0 bridgehead atoms. The van der Waals surface area contributed by atoms with Crippen LogP contribution in [0.4, 0.5) is 0 Å². The zero-order chi connectivity index (χ0) is 19.0. The maximum Gasteiger partial charge on any atom is 0.243 e. The summed E-state index contributed by atoms with van der Waals surface area (Å²) in [6.45, 7) is 2.30. The van der Waals surface area contributed by atoms with Crippen LogP contribution < -0.4 is 5.32 Å². The molecule has 0 spiro atoms. The number of carbonyl (C=O) groups is 1. The second-order valence-electron chi connectivity index (χ2n) is 7.39. The third kappa shape index (κ3) is 3.39. The molecule has 1 N–H and O–H groups in total. The van der Waals surface area contributed by atoms with Crippen molar-refractivity contribution in [2.45, 2.75) is 49.6 Å². The minimum atomic E-state index is -3.67. The van der Waals surface area contributed by atoms with Crippen LogP contribution in [0.2, 0.25) is 0 Å². The van der Waals surface area contributed by atoms with Gasteiger partial charge < -0.3 is 5.32 Å². The number of carbonyl (C=O) groups excluding carboxylic acids is 1. The van der Waals surface area contributed by atoms with Crippen LogP contribution in [0, 0.1) is 6.92 Å². The fraction of sp³-hybridized carbons (Fsp3) is 0.381. The third-order valence-electron chi connectivity index (χ3n) is 5.58. The van der Waals surface area contributed by atoms with Crippen LogP contribution in [0.5, 0.6) is 0 Å². The highest BCUT2D eigenvalue weighted by atomic mass is 32.2. The molecule has 1 heterocycles. The largest absolute Gasteiger partial charge is 0.348 e. The van der Waals surface area contributed by atoms with Gasteiger partial charge in [0.15, 0.2) is 0 Å². The lowest BCUT2D eigenvalue weighted by atomic mass is 10.1. The molecule has 0 radical (unpaired) electrons. The van der Waals surface area contributed by atoms with Crippen LogP contribution in [-0.2, 0) is 21.2 Å². The van der Waals surface area contributed by atoms with E-state index in [-0.39, 0.29) is 16.8 Å². The molecule has 0 unspecified atom stereocenters. The van der Waals surface area contributed by atoms with E-state index in [0.29, 0.717) is 19.4 Å². The number of amides is 1. The molecular weight excluding hydrogens is 360 g/mol. The fourth-order valence-electron chi connectivity index (χ4n) is 4.11. The molecule has 0 saturated carbocycles. The van der Waals surface area contributed by atoms with E-state index in [1.165, 1.54) is 9.87 Å². The predicted molar refractivity (Wildman–Crippen MR) is 104 cm³/mol. The summed E-state index contributed by atoms with van der Waals surface area (Å²) >= 11 is 0. The van der Waals surface area contributed by atoms with Crippen molar-refractivity contribution in [2.24, 2.45) is 0 Å². The molecule has 2 aromatic carbocycles. The Hall–Kier alpha value is -2.18. The lowest BCUT2D eigenvalue weighted by molar-refractivity contribution is -0.125. The van der Waals surface area contributed by atoms with Crippen molar-refractivity contribution in [3.8, 4) is 0 Å². The number of hydrogen-bond donors (Lipinski definition) is 1. The summed E-state index contributed by atoms with van der Waals surface area (Å²) in [6.07, 6.45) is 3.06. The quantitative estimate of drug-likeness (QED) is 0.881. The summed E-state index contributed by atoms with van der Waals surface area (Å²) in [4.78, 5) is 13.2. The van der Waals surface area contributed by atoms with Gasteiger partial charge in [0.25, 0.3) is 0 Å². The number of benzene rings is 2. The summed E-state index contributed by atoms with van der Waals surface area (Å²) in [5.41, 5.74) is 3.42. The first-order chi connectivity index (χ1) is 13.0. The maximum atomic E-state index is 13.0. The smallest absolute Gasteiger partial charge is 0.243 e. The van der Waals surface area contributed by atoms with Crippen molar-refractivity contribution in [3.05, 3.63) is 65.2 Å². The summed E-state index contributed by atoms with van der Waals surface area (Å²) in [5.74, 6) is -0.190. The zero-order valence-electron chi connectivity index (χ0n) is 15.4. The van der Waals surface area contributed by atoms with Crippen molar-refractivity contribution in [1.29, 1.82) is 0 Å². The summed E-state index contributed by atoms with van der Waals surface area (Å²) in [5, 5.41) is 3.09. The van der Waals surface area contributed by atoms with Crippen molar-refractivity contribution in [2.75, 3.05) is 6.54 Å². The van der Waals surface area contributed by atoms with Crippen LogP contribution in [0.15, 0.2) is 53.4 Å². The Labute approximate surface area is 160 Å². The number of rotatable bonds is 4. The summed E-state index contributed by atoms with van der Waals surface area (Å²) < 4.78 is 27.5. The van der Waals surface area contributed by atoms with Crippen LogP contribution in [0.25, 0.3) is 0 Å². The Bertz CT molecular complexity index is 954. The highest BCUT2D eigenvalue weighted by Gasteiger charge is 2.40. The van der Waals surface area contributed by atoms with Crippen molar-refractivity contribution in [3.63, 3.8) is 0 Å². The number of nitrogens with zero attached hydrogens (tertiary/aromatic N) is 1. The Morgan fingerprint density at radius 1 is 1.07 bits per heavy atom. The van der Waals surface area contributed by atoms with E-state index in [9.17, 15) is 13.2 Å². The molecule has 2 atom stereocenters. The molecule has 6 heteroatoms. The zero-order valence-corrected chi connectivity index (χ0v) is 16.2. The first kappa shape index (κ1) is 18.2. The van der Waals surface area contributed by atoms with Crippen molar-refractivity contribution >= 4 is 15.9 Å². The predicted octanol–water partition coefficient (Wildman–Crippen LogP) is 2.95. The van der Waals surface area contributed by atoms with E-state index in [1.807, 2.05) is 25.1 Å². The standard InChI is InChI=1S/C21H24N2O3S/c1-15-8-11-17(12-9-15)27(25,26)23-14-4-7-20(23)21(24)22-19-13-10-16-5-2-3-6-18(16)19/h2-3,5-6,8-9,11-12,19-20H,4,7,10,13-14H2,1H3,(H,22,24)/t19-,20-/m0/s1. The molecule has 2 aliphatic rings. The lowest BCUT2D eigenvalue weighted by Gasteiger charge is -2.25. The first-order valence-electron chi connectivity index (χ1n) is 9.43. The van der Waals surface area contributed by atoms with Gasteiger partial charge in [0.05, 0.1) is 10.9 Å². The highest BCUT2D eigenvalue weighted by molar-refractivity contribution is 7.89. The van der Waals surface area contributed by atoms with Gasteiger partial charge in [-0.1, -0.05) is 42.0 Å². The SMILES string of the molecule is Cc1ccc(S(=O)(=O)N2CCC[C@H]2C(=O)N[C@H]2CCc3ccccc32)cc1. The van der Waals surface area contributed by atoms with Gasteiger partial charge in [-0.05, 0) is 55.9 Å². The molecule has 1 aliphatic carbocycles. The van der Waals surface area contributed by atoms with E-state index in [2.05, 4.69) is 11.4 Å². The Morgan fingerprint density at radius 3 is 2.59 bits per heavy atom. The van der Waals surface area contributed by atoms with Crippen LogP contribution >= 0.6 is 0 Å². The van der Waals surface area contributed by atoms with E-state index in [1.54, 1.807) is 24.3 Å². The number of aryl methyl sites for hydroxylation is 2. The molecule has 27 heavy (non-hydrogen) atoms. The van der Waals surface area contributed by atoms with E-state index in [0.717, 1.165) is 24.0 Å².